The Morgan fingerprint density at radius 3 is 2.59 bits per heavy atom. The minimum Gasteiger partial charge on any atom is -0.352 e. The monoisotopic (exact) mass is 448 g/mol. The molecule has 1 aromatic carbocycles. The number of pyridine rings is 1. The van der Waals surface area contributed by atoms with E-state index >= 15 is 0 Å². The first-order valence-electron chi connectivity index (χ1n) is 10.2. The summed E-state index contributed by atoms with van der Waals surface area (Å²) in [5.74, 6) is -0.204. The van der Waals surface area contributed by atoms with E-state index in [9.17, 15) is 9.59 Å². The molecule has 0 fully saturated rings. The Labute approximate surface area is 190 Å². The summed E-state index contributed by atoms with van der Waals surface area (Å²) < 4.78 is 0. The molecule has 1 atom stereocenters. The highest BCUT2D eigenvalue weighted by Gasteiger charge is 2.11. The molecule has 3 rings (SSSR count). The Kier molecular flexibility index (Phi) is 8.29. The van der Waals surface area contributed by atoms with Gasteiger partial charge < -0.3 is 16.0 Å². The Morgan fingerprint density at radius 1 is 1.12 bits per heavy atom. The van der Waals surface area contributed by atoms with Crippen LogP contribution >= 0.6 is 11.3 Å². The summed E-state index contributed by atoms with van der Waals surface area (Å²) in [7, 11) is 0. The number of nitriles is 1. The number of amides is 2. The topological polar surface area (TPSA) is 120 Å². The average molecular weight is 449 g/mol. The zero-order valence-electron chi connectivity index (χ0n) is 17.7. The molecule has 9 heteroatoms. The molecule has 2 heterocycles. The fourth-order valence-electron chi connectivity index (χ4n) is 2.98. The van der Waals surface area contributed by atoms with Crippen LogP contribution in [0.25, 0.3) is 11.3 Å². The first kappa shape index (κ1) is 22.9. The van der Waals surface area contributed by atoms with Crippen LogP contribution < -0.4 is 16.0 Å². The fraction of sp³-hybridized carbons (Fsp3) is 0.261. The number of anilines is 2. The molecule has 32 heavy (non-hydrogen) atoms. The van der Waals surface area contributed by atoms with Crippen LogP contribution in [0.2, 0.25) is 0 Å². The molecule has 1 unspecified atom stereocenters. The Bertz CT molecular complexity index is 1080. The van der Waals surface area contributed by atoms with Crippen LogP contribution in [-0.2, 0) is 4.79 Å². The van der Waals surface area contributed by atoms with Crippen molar-refractivity contribution >= 4 is 34.0 Å². The molecule has 164 valence electrons. The van der Waals surface area contributed by atoms with Crippen molar-refractivity contribution in [3.05, 3.63) is 59.7 Å². The molecule has 8 nitrogen and oxygen atoms in total. The van der Waals surface area contributed by atoms with Crippen LogP contribution in [0.1, 0.15) is 30.1 Å². The van der Waals surface area contributed by atoms with Gasteiger partial charge in [0.15, 0.2) is 5.13 Å². The van der Waals surface area contributed by atoms with Gasteiger partial charge in [-0.05, 0) is 48.7 Å². The first-order valence-corrected chi connectivity index (χ1v) is 11.1. The lowest BCUT2D eigenvalue weighted by Gasteiger charge is -2.11. The van der Waals surface area contributed by atoms with E-state index in [0.717, 1.165) is 22.1 Å². The van der Waals surface area contributed by atoms with E-state index in [-0.39, 0.29) is 24.3 Å². The van der Waals surface area contributed by atoms with Crippen molar-refractivity contribution in [1.29, 1.82) is 5.26 Å². The fourth-order valence-corrected chi connectivity index (χ4v) is 3.72. The zero-order chi connectivity index (χ0) is 22.8. The molecule has 3 aromatic rings. The minimum absolute atomic E-state index is 0.0155. The van der Waals surface area contributed by atoms with Crippen LogP contribution in [0.5, 0.6) is 0 Å². The van der Waals surface area contributed by atoms with Gasteiger partial charge in [0.25, 0.3) is 5.91 Å². The number of rotatable bonds is 10. The Hall–Kier alpha value is -3.77. The summed E-state index contributed by atoms with van der Waals surface area (Å²) in [6, 6.07) is 12.9. The van der Waals surface area contributed by atoms with E-state index in [1.165, 1.54) is 11.3 Å². The maximum absolute atomic E-state index is 12.4. The molecule has 0 bridgehead atoms. The van der Waals surface area contributed by atoms with Crippen molar-refractivity contribution < 1.29 is 9.59 Å². The van der Waals surface area contributed by atoms with Gasteiger partial charge in [-0.15, -0.1) is 11.3 Å². The summed E-state index contributed by atoms with van der Waals surface area (Å²) in [4.78, 5) is 32.6. The second-order valence-corrected chi connectivity index (χ2v) is 8.12. The number of thiazole rings is 1. The van der Waals surface area contributed by atoms with Crippen LogP contribution in [0.4, 0.5) is 10.8 Å². The highest BCUT2D eigenvalue weighted by atomic mass is 32.1. The molecule has 0 aliphatic rings. The second-order valence-electron chi connectivity index (χ2n) is 7.26. The van der Waals surface area contributed by atoms with E-state index < -0.39 is 0 Å². The van der Waals surface area contributed by atoms with E-state index in [1.54, 1.807) is 24.5 Å². The van der Waals surface area contributed by atoms with Gasteiger partial charge in [0.2, 0.25) is 5.91 Å². The summed E-state index contributed by atoms with van der Waals surface area (Å²) in [6.45, 7) is 2.43. The van der Waals surface area contributed by atoms with Crippen molar-refractivity contribution in [1.82, 2.24) is 20.6 Å². The Morgan fingerprint density at radius 2 is 1.88 bits per heavy atom. The van der Waals surface area contributed by atoms with Crippen LogP contribution in [0.3, 0.4) is 0 Å². The van der Waals surface area contributed by atoms with Crippen molar-refractivity contribution in [3.8, 4) is 17.3 Å². The highest BCUT2D eigenvalue weighted by molar-refractivity contribution is 7.14. The smallest absolute Gasteiger partial charge is 0.251 e. The molecule has 2 aromatic heterocycles. The van der Waals surface area contributed by atoms with Gasteiger partial charge in [-0.25, -0.2) is 4.98 Å². The molecule has 0 radical (unpaired) electrons. The van der Waals surface area contributed by atoms with E-state index in [2.05, 4.69) is 25.9 Å². The first-order chi connectivity index (χ1) is 15.5. The summed E-state index contributed by atoms with van der Waals surface area (Å²) >= 11 is 1.51. The normalized spacial score (nSPS) is 11.2. The van der Waals surface area contributed by atoms with Crippen molar-refractivity contribution in [2.45, 2.75) is 19.8 Å². The standard InChI is InChI=1S/C23H24N6O2S/c1-16(14-21(30)26-13-9-24)6-12-27-22(31)18-2-4-19(5-3-18)28-23-29-20(15-32-23)17-7-10-25-11-8-17/h2-5,7-8,10-11,15-16H,6,12-14H2,1H3,(H,26,30)(H,27,31)(H,28,29). The summed E-state index contributed by atoms with van der Waals surface area (Å²) in [5.41, 5.74) is 3.29. The molecule has 0 saturated heterocycles. The third-order valence-electron chi connectivity index (χ3n) is 4.70. The van der Waals surface area contributed by atoms with E-state index in [4.69, 9.17) is 5.26 Å². The minimum atomic E-state index is -0.160. The SMILES string of the molecule is CC(CCNC(=O)c1ccc(Nc2nc(-c3ccncc3)cs2)cc1)CC(=O)NCC#N. The van der Waals surface area contributed by atoms with Crippen LogP contribution in [0, 0.1) is 17.2 Å². The van der Waals surface area contributed by atoms with Crippen LogP contribution in [0.15, 0.2) is 54.2 Å². The molecular weight excluding hydrogens is 424 g/mol. The van der Waals surface area contributed by atoms with Gasteiger partial charge in [0, 0.05) is 47.6 Å². The number of nitrogens with zero attached hydrogens (tertiary/aromatic N) is 3. The largest absolute Gasteiger partial charge is 0.352 e. The molecule has 3 N–H and O–H groups in total. The number of carbonyl (C=O) groups is 2. The second kappa shape index (κ2) is 11.6. The van der Waals surface area contributed by atoms with Gasteiger partial charge in [0.05, 0.1) is 11.8 Å². The molecular formula is C23H24N6O2S. The molecule has 0 saturated carbocycles. The maximum Gasteiger partial charge on any atom is 0.251 e. The predicted molar refractivity (Wildman–Crippen MR) is 124 cm³/mol. The highest BCUT2D eigenvalue weighted by Crippen LogP contribution is 2.26. The third-order valence-corrected chi connectivity index (χ3v) is 5.46. The van der Waals surface area contributed by atoms with Crippen molar-refractivity contribution in [2.75, 3.05) is 18.4 Å². The summed E-state index contributed by atoms with van der Waals surface area (Å²) in [5, 5.41) is 19.9. The third kappa shape index (κ3) is 6.89. The molecule has 0 aliphatic carbocycles. The number of hydrogen-bond acceptors (Lipinski definition) is 7. The van der Waals surface area contributed by atoms with Gasteiger partial charge >= 0.3 is 0 Å². The van der Waals surface area contributed by atoms with Gasteiger partial charge in [-0.2, -0.15) is 5.26 Å². The van der Waals surface area contributed by atoms with E-state index in [0.29, 0.717) is 24.9 Å². The summed E-state index contributed by atoms with van der Waals surface area (Å²) in [6.07, 6.45) is 4.48. The number of carbonyl (C=O) groups excluding carboxylic acids is 2. The predicted octanol–water partition coefficient (Wildman–Crippen LogP) is 3.73. The van der Waals surface area contributed by atoms with Crippen molar-refractivity contribution in [3.63, 3.8) is 0 Å². The molecule has 0 aliphatic heterocycles. The zero-order valence-corrected chi connectivity index (χ0v) is 18.5. The lowest BCUT2D eigenvalue weighted by Crippen LogP contribution is -2.28. The van der Waals surface area contributed by atoms with Gasteiger partial charge in [-0.1, -0.05) is 6.92 Å². The number of aromatic nitrogens is 2. The lowest BCUT2D eigenvalue weighted by molar-refractivity contribution is -0.121. The number of benzene rings is 1. The number of nitrogens with one attached hydrogen (secondary N) is 3. The molecule has 0 spiro atoms. The maximum atomic E-state index is 12.4. The van der Waals surface area contributed by atoms with E-state index in [1.807, 2.05) is 42.6 Å². The van der Waals surface area contributed by atoms with Crippen molar-refractivity contribution in [2.24, 2.45) is 5.92 Å². The molecule has 2 amide bonds. The lowest BCUT2D eigenvalue weighted by atomic mass is 10.0. The average Bonchev–Trinajstić information content (AvgIpc) is 3.27. The van der Waals surface area contributed by atoms with Gasteiger partial charge in [-0.3, -0.25) is 14.6 Å². The van der Waals surface area contributed by atoms with Crippen LogP contribution in [-0.4, -0.2) is 34.9 Å². The number of hydrogen-bond donors (Lipinski definition) is 3. The van der Waals surface area contributed by atoms with Gasteiger partial charge in [0.1, 0.15) is 6.54 Å². The quantitative estimate of drug-likeness (QED) is 0.407. The Balaban J connectivity index is 1.45.